The Labute approximate surface area is 92.6 Å². The second kappa shape index (κ2) is 5.51. The van der Waals surface area contributed by atoms with Gasteiger partial charge in [-0.05, 0) is 31.6 Å². The lowest BCUT2D eigenvalue weighted by Crippen LogP contribution is -2.35. The molecule has 0 radical (unpaired) electrons. The molecule has 1 saturated heterocycles. The topological polar surface area (TPSA) is 33.0 Å². The summed E-state index contributed by atoms with van der Waals surface area (Å²) >= 11 is 0. The molecule has 1 heterocycles. The maximum absolute atomic E-state index is 9.13. The number of nitrogens with zero attached hydrogens (tertiary/aromatic N) is 1. The Morgan fingerprint density at radius 3 is 2.33 bits per heavy atom. The van der Waals surface area contributed by atoms with Crippen molar-refractivity contribution in [2.45, 2.75) is 57.5 Å². The molecule has 0 bridgehead atoms. The van der Waals surface area contributed by atoms with Crippen molar-refractivity contribution in [1.82, 2.24) is 0 Å². The fourth-order valence-corrected chi connectivity index (χ4v) is 3.05. The largest absolute Gasteiger partial charge is 0.377 e. The van der Waals surface area contributed by atoms with Crippen molar-refractivity contribution in [1.29, 1.82) is 5.26 Å². The van der Waals surface area contributed by atoms with Crippen LogP contribution in [-0.4, -0.2) is 12.7 Å². The van der Waals surface area contributed by atoms with E-state index in [2.05, 4.69) is 6.07 Å². The smallest absolute Gasteiger partial charge is 0.0761 e. The van der Waals surface area contributed by atoms with E-state index in [0.29, 0.717) is 5.92 Å². The summed E-state index contributed by atoms with van der Waals surface area (Å²) in [6, 6.07) is 2.45. The Bertz CT molecular complexity index is 225. The zero-order valence-corrected chi connectivity index (χ0v) is 9.45. The average Bonchev–Trinajstić information content (AvgIpc) is 2.57. The third-order valence-electron chi connectivity index (χ3n) is 3.90. The zero-order chi connectivity index (χ0) is 10.5. The fraction of sp³-hybridized carbons (Fsp3) is 0.923. The van der Waals surface area contributed by atoms with E-state index in [1.54, 1.807) is 0 Å². The second-order valence-electron chi connectivity index (χ2n) is 4.96. The van der Waals surface area contributed by atoms with E-state index in [9.17, 15) is 0 Å². The summed E-state index contributed by atoms with van der Waals surface area (Å²) in [6.07, 6.45) is 10.4. The van der Waals surface area contributed by atoms with Crippen molar-refractivity contribution in [2.24, 2.45) is 11.8 Å². The Morgan fingerprint density at radius 1 is 0.933 bits per heavy atom. The van der Waals surface area contributed by atoms with Crippen LogP contribution in [0.25, 0.3) is 0 Å². The lowest BCUT2D eigenvalue weighted by Gasteiger charge is -2.33. The van der Waals surface area contributed by atoms with Gasteiger partial charge >= 0.3 is 0 Å². The average molecular weight is 207 g/mol. The lowest BCUT2D eigenvalue weighted by atomic mass is 9.83. The van der Waals surface area contributed by atoms with Gasteiger partial charge in [0.2, 0.25) is 0 Å². The SMILES string of the molecule is N#CC1CCCOC1C1CCCCCC1. The second-order valence-corrected chi connectivity index (χ2v) is 4.96. The predicted octanol–water partition coefficient (Wildman–Crippen LogP) is 3.28. The molecule has 2 nitrogen and oxygen atoms in total. The number of hydrogen-bond donors (Lipinski definition) is 0. The van der Waals surface area contributed by atoms with E-state index in [0.717, 1.165) is 19.4 Å². The van der Waals surface area contributed by atoms with Crippen LogP contribution in [0.5, 0.6) is 0 Å². The van der Waals surface area contributed by atoms with E-state index in [1.807, 2.05) is 0 Å². The highest BCUT2D eigenvalue weighted by atomic mass is 16.5. The van der Waals surface area contributed by atoms with Crippen LogP contribution in [0.2, 0.25) is 0 Å². The third kappa shape index (κ3) is 2.72. The molecule has 0 N–H and O–H groups in total. The molecule has 2 aliphatic rings. The summed E-state index contributed by atoms with van der Waals surface area (Å²) < 4.78 is 5.85. The maximum atomic E-state index is 9.13. The van der Waals surface area contributed by atoms with Crippen molar-refractivity contribution in [3.8, 4) is 6.07 Å². The van der Waals surface area contributed by atoms with Gasteiger partial charge in [0.05, 0.1) is 18.1 Å². The Hall–Kier alpha value is -0.550. The number of hydrogen-bond acceptors (Lipinski definition) is 2. The van der Waals surface area contributed by atoms with Crippen molar-refractivity contribution < 1.29 is 4.74 Å². The maximum Gasteiger partial charge on any atom is 0.0761 e. The lowest BCUT2D eigenvalue weighted by molar-refractivity contribution is -0.0477. The molecule has 0 spiro atoms. The molecule has 2 rings (SSSR count). The van der Waals surface area contributed by atoms with Crippen molar-refractivity contribution in [3.63, 3.8) is 0 Å². The molecule has 0 aromatic carbocycles. The van der Waals surface area contributed by atoms with Crippen LogP contribution in [0.4, 0.5) is 0 Å². The van der Waals surface area contributed by atoms with Crippen LogP contribution >= 0.6 is 0 Å². The highest BCUT2D eigenvalue weighted by Crippen LogP contribution is 2.34. The summed E-state index contributed by atoms with van der Waals surface area (Å²) in [4.78, 5) is 0. The standard InChI is InChI=1S/C13H21NO/c14-10-12-8-5-9-15-13(12)11-6-3-1-2-4-7-11/h11-13H,1-9H2. The molecule has 0 aromatic rings. The molecule has 2 unspecified atom stereocenters. The molecular weight excluding hydrogens is 186 g/mol. The van der Waals surface area contributed by atoms with E-state index < -0.39 is 0 Å². The van der Waals surface area contributed by atoms with E-state index >= 15 is 0 Å². The van der Waals surface area contributed by atoms with Crippen molar-refractivity contribution in [3.05, 3.63) is 0 Å². The summed E-state index contributed by atoms with van der Waals surface area (Å²) in [5.74, 6) is 0.833. The Balaban J connectivity index is 1.96. The van der Waals surface area contributed by atoms with Crippen LogP contribution in [0, 0.1) is 23.2 Å². The van der Waals surface area contributed by atoms with E-state index in [4.69, 9.17) is 10.00 Å². The van der Waals surface area contributed by atoms with Gasteiger partial charge in [0.25, 0.3) is 0 Å². The van der Waals surface area contributed by atoms with Gasteiger partial charge in [-0.15, -0.1) is 0 Å². The summed E-state index contributed by atoms with van der Waals surface area (Å²) in [5.41, 5.74) is 0. The zero-order valence-electron chi connectivity index (χ0n) is 9.45. The van der Waals surface area contributed by atoms with Gasteiger partial charge in [0.15, 0.2) is 0 Å². The van der Waals surface area contributed by atoms with Crippen LogP contribution in [0.15, 0.2) is 0 Å². The third-order valence-corrected chi connectivity index (χ3v) is 3.90. The quantitative estimate of drug-likeness (QED) is 0.618. The van der Waals surface area contributed by atoms with Crippen LogP contribution < -0.4 is 0 Å². The van der Waals surface area contributed by atoms with Crippen molar-refractivity contribution >= 4 is 0 Å². The van der Waals surface area contributed by atoms with Gasteiger partial charge in [-0.25, -0.2) is 0 Å². The normalized spacial score (nSPS) is 34.3. The van der Waals surface area contributed by atoms with Gasteiger partial charge in [-0.1, -0.05) is 25.7 Å². The first kappa shape index (κ1) is 11.0. The number of rotatable bonds is 1. The summed E-state index contributed by atoms with van der Waals surface area (Å²) in [6.45, 7) is 0.874. The minimum absolute atomic E-state index is 0.168. The molecular formula is C13H21NO. The molecule has 1 saturated carbocycles. The molecule has 2 heteroatoms. The molecule has 1 aliphatic carbocycles. The van der Waals surface area contributed by atoms with Gasteiger partial charge in [-0.2, -0.15) is 5.26 Å². The molecule has 1 aliphatic heterocycles. The van der Waals surface area contributed by atoms with Crippen LogP contribution in [-0.2, 0) is 4.74 Å². The Morgan fingerprint density at radius 2 is 1.67 bits per heavy atom. The molecule has 0 amide bonds. The molecule has 2 fully saturated rings. The highest BCUT2D eigenvalue weighted by Gasteiger charge is 2.32. The summed E-state index contributed by atoms with van der Waals surface area (Å²) in [5, 5.41) is 9.13. The van der Waals surface area contributed by atoms with Crippen molar-refractivity contribution in [2.75, 3.05) is 6.61 Å². The minimum atomic E-state index is 0.168. The highest BCUT2D eigenvalue weighted by molar-refractivity contribution is 4.94. The van der Waals surface area contributed by atoms with Gasteiger partial charge in [0.1, 0.15) is 0 Å². The molecule has 2 atom stereocenters. The van der Waals surface area contributed by atoms with Gasteiger partial charge in [0, 0.05) is 6.61 Å². The molecule has 84 valence electrons. The molecule has 0 aromatic heterocycles. The number of ether oxygens (including phenoxy) is 1. The van der Waals surface area contributed by atoms with Gasteiger partial charge in [-0.3, -0.25) is 0 Å². The number of nitriles is 1. The van der Waals surface area contributed by atoms with Crippen LogP contribution in [0.1, 0.15) is 51.4 Å². The van der Waals surface area contributed by atoms with E-state index in [-0.39, 0.29) is 12.0 Å². The van der Waals surface area contributed by atoms with Crippen LogP contribution in [0.3, 0.4) is 0 Å². The molecule has 15 heavy (non-hydrogen) atoms. The van der Waals surface area contributed by atoms with E-state index in [1.165, 1.54) is 38.5 Å². The predicted molar refractivity (Wildman–Crippen MR) is 59.3 cm³/mol. The fourth-order valence-electron chi connectivity index (χ4n) is 3.05. The first-order valence-electron chi connectivity index (χ1n) is 6.43. The minimum Gasteiger partial charge on any atom is -0.377 e. The van der Waals surface area contributed by atoms with Gasteiger partial charge < -0.3 is 4.74 Å². The first-order chi connectivity index (χ1) is 7.42. The Kier molecular flexibility index (Phi) is 4.02. The summed E-state index contributed by atoms with van der Waals surface area (Å²) in [7, 11) is 0. The monoisotopic (exact) mass is 207 g/mol. The first-order valence-corrected chi connectivity index (χ1v) is 6.43.